The molecule has 0 bridgehead atoms. The molecule has 3 N–H and O–H groups in total. The van der Waals surface area contributed by atoms with E-state index in [1.54, 1.807) is 24.3 Å². The van der Waals surface area contributed by atoms with Crippen molar-refractivity contribution in [2.24, 2.45) is 0 Å². The number of benzene rings is 1. The highest BCUT2D eigenvalue weighted by atomic mass is 16.2. The third-order valence-electron chi connectivity index (χ3n) is 4.19. The van der Waals surface area contributed by atoms with Crippen LogP contribution in [0.15, 0.2) is 24.3 Å². The molecule has 1 aromatic rings. The van der Waals surface area contributed by atoms with Crippen LogP contribution in [0.1, 0.15) is 69.2 Å². The predicted octanol–water partition coefficient (Wildman–Crippen LogP) is 4.06. The minimum Gasteiger partial charge on any atom is -0.349 e. The standard InChI is InChI=1S/C19H29N3O2/c1-3-4-5-6-7-14(2)20-19(24)22-17-10-8-15(9-11-17)18(23)21-16-12-13-16/h8-11,14,16H,3-7,12-13H2,1-2H3,(H,21,23)(H2,20,22,24). The normalized spacial score (nSPS) is 14.8. The third kappa shape index (κ3) is 6.60. The molecule has 2 rings (SSSR count). The number of nitrogens with one attached hydrogen (secondary N) is 3. The number of carbonyl (C=O) groups excluding carboxylic acids is 2. The minimum atomic E-state index is -0.201. The number of amides is 3. The van der Waals surface area contributed by atoms with Gasteiger partial charge in [0.25, 0.3) is 5.91 Å². The number of hydrogen-bond acceptors (Lipinski definition) is 2. The predicted molar refractivity (Wildman–Crippen MR) is 97.3 cm³/mol. The Morgan fingerprint density at radius 2 is 1.83 bits per heavy atom. The summed E-state index contributed by atoms with van der Waals surface area (Å²) in [5.41, 5.74) is 1.31. The molecule has 1 aliphatic rings. The fraction of sp³-hybridized carbons (Fsp3) is 0.579. The van der Waals surface area contributed by atoms with E-state index in [4.69, 9.17) is 0 Å². The Balaban J connectivity index is 1.71. The molecule has 0 saturated heterocycles. The van der Waals surface area contributed by atoms with Crippen LogP contribution in [0.25, 0.3) is 0 Å². The molecule has 5 heteroatoms. The second-order valence-corrected chi connectivity index (χ2v) is 6.67. The van der Waals surface area contributed by atoms with E-state index in [1.807, 2.05) is 6.92 Å². The van der Waals surface area contributed by atoms with Gasteiger partial charge in [-0.25, -0.2) is 4.79 Å². The fourth-order valence-electron chi connectivity index (χ4n) is 2.54. The summed E-state index contributed by atoms with van der Waals surface area (Å²) in [6.07, 6.45) is 7.96. The van der Waals surface area contributed by atoms with Gasteiger partial charge in [0.15, 0.2) is 0 Å². The lowest BCUT2D eigenvalue weighted by molar-refractivity contribution is 0.0951. The van der Waals surface area contributed by atoms with Crippen LogP contribution in [0.3, 0.4) is 0 Å². The highest BCUT2D eigenvalue weighted by Gasteiger charge is 2.23. The van der Waals surface area contributed by atoms with Gasteiger partial charge < -0.3 is 16.0 Å². The van der Waals surface area contributed by atoms with Gasteiger partial charge >= 0.3 is 6.03 Å². The number of rotatable bonds is 9. The molecular weight excluding hydrogens is 302 g/mol. The van der Waals surface area contributed by atoms with E-state index in [9.17, 15) is 9.59 Å². The highest BCUT2D eigenvalue weighted by Crippen LogP contribution is 2.19. The summed E-state index contributed by atoms with van der Waals surface area (Å²) in [7, 11) is 0. The molecule has 1 aliphatic carbocycles. The zero-order valence-corrected chi connectivity index (χ0v) is 14.7. The molecule has 1 atom stereocenters. The summed E-state index contributed by atoms with van der Waals surface area (Å²) in [5, 5.41) is 8.71. The van der Waals surface area contributed by atoms with Crippen molar-refractivity contribution in [3.05, 3.63) is 29.8 Å². The van der Waals surface area contributed by atoms with Crippen LogP contribution in [-0.4, -0.2) is 24.0 Å². The Morgan fingerprint density at radius 3 is 2.46 bits per heavy atom. The largest absolute Gasteiger partial charge is 0.349 e. The van der Waals surface area contributed by atoms with Gasteiger partial charge in [-0.1, -0.05) is 32.6 Å². The van der Waals surface area contributed by atoms with E-state index < -0.39 is 0 Å². The maximum Gasteiger partial charge on any atom is 0.319 e. The lowest BCUT2D eigenvalue weighted by atomic mass is 10.1. The van der Waals surface area contributed by atoms with Crippen molar-refractivity contribution in [1.82, 2.24) is 10.6 Å². The molecule has 132 valence electrons. The van der Waals surface area contributed by atoms with Crippen LogP contribution in [-0.2, 0) is 0 Å². The molecule has 1 aromatic carbocycles. The lowest BCUT2D eigenvalue weighted by Gasteiger charge is -2.14. The monoisotopic (exact) mass is 331 g/mol. The van der Waals surface area contributed by atoms with Gasteiger partial charge in [-0.15, -0.1) is 0 Å². The van der Waals surface area contributed by atoms with Gasteiger partial charge in [-0.05, 0) is 50.5 Å². The first-order chi connectivity index (χ1) is 11.6. The zero-order valence-electron chi connectivity index (χ0n) is 14.7. The van der Waals surface area contributed by atoms with E-state index in [2.05, 4.69) is 22.9 Å². The Kier molecular flexibility index (Phi) is 7.09. The third-order valence-corrected chi connectivity index (χ3v) is 4.19. The van der Waals surface area contributed by atoms with Crippen molar-refractivity contribution in [1.29, 1.82) is 0 Å². The van der Waals surface area contributed by atoms with Gasteiger partial charge in [0, 0.05) is 23.3 Å². The summed E-state index contributed by atoms with van der Waals surface area (Å²) >= 11 is 0. The average Bonchev–Trinajstić information content (AvgIpc) is 3.36. The highest BCUT2D eigenvalue weighted by molar-refractivity contribution is 5.95. The molecule has 24 heavy (non-hydrogen) atoms. The van der Waals surface area contributed by atoms with E-state index in [0.717, 1.165) is 25.7 Å². The molecule has 0 aromatic heterocycles. The topological polar surface area (TPSA) is 70.2 Å². The zero-order chi connectivity index (χ0) is 17.4. The van der Waals surface area contributed by atoms with Crippen LogP contribution < -0.4 is 16.0 Å². The molecule has 0 spiro atoms. The van der Waals surface area contributed by atoms with E-state index >= 15 is 0 Å². The van der Waals surface area contributed by atoms with Crippen LogP contribution >= 0.6 is 0 Å². The molecule has 1 fully saturated rings. The maximum atomic E-state index is 12.0. The van der Waals surface area contributed by atoms with Gasteiger partial charge in [0.1, 0.15) is 0 Å². The van der Waals surface area contributed by atoms with Crippen LogP contribution in [0.5, 0.6) is 0 Å². The first kappa shape index (κ1) is 18.3. The maximum absolute atomic E-state index is 12.0. The van der Waals surface area contributed by atoms with Crippen molar-refractivity contribution in [2.45, 2.75) is 70.9 Å². The van der Waals surface area contributed by atoms with E-state index in [0.29, 0.717) is 17.3 Å². The summed E-state index contributed by atoms with van der Waals surface area (Å²) in [4.78, 5) is 23.9. The summed E-state index contributed by atoms with van der Waals surface area (Å²) in [6, 6.07) is 7.29. The summed E-state index contributed by atoms with van der Waals surface area (Å²) in [6.45, 7) is 4.22. The summed E-state index contributed by atoms with van der Waals surface area (Å²) in [5.74, 6) is -0.0470. The summed E-state index contributed by atoms with van der Waals surface area (Å²) < 4.78 is 0. The number of hydrogen-bond donors (Lipinski definition) is 3. The number of urea groups is 1. The molecular formula is C19H29N3O2. The minimum absolute atomic E-state index is 0.0470. The Hall–Kier alpha value is -2.04. The van der Waals surface area contributed by atoms with Crippen molar-refractivity contribution in [3.63, 3.8) is 0 Å². The van der Waals surface area contributed by atoms with Gasteiger partial charge in [0.2, 0.25) is 0 Å². The number of unbranched alkanes of at least 4 members (excludes halogenated alkanes) is 3. The number of anilines is 1. The second kappa shape index (κ2) is 9.30. The first-order valence-electron chi connectivity index (χ1n) is 9.07. The van der Waals surface area contributed by atoms with Crippen molar-refractivity contribution >= 4 is 17.6 Å². The SMILES string of the molecule is CCCCCCC(C)NC(=O)Nc1ccc(C(=O)NC2CC2)cc1. The molecule has 1 unspecified atom stereocenters. The molecule has 3 amide bonds. The van der Waals surface area contributed by atoms with Crippen LogP contribution in [0.2, 0.25) is 0 Å². The molecule has 0 radical (unpaired) electrons. The fourth-order valence-corrected chi connectivity index (χ4v) is 2.54. The van der Waals surface area contributed by atoms with Crippen LogP contribution in [0.4, 0.5) is 10.5 Å². The molecule has 5 nitrogen and oxygen atoms in total. The van der Waals surface area contributed by atoms with Crippen molar-refractivity contribution < 1.29 is 9.59 Å². The molecule has 0 heterocycles. The smallest absolute Gasteiger partial charge is 0.319 e. The lowest BCUT2D eigenvalue weighted by Crippen LogP contribution is -2.36. The second-order valence-electron chi connectivity index (χ2n) is 6.67. The molecule has 0 aliphatic heterocycles. The quantitative estimate of drug-likeness (QED) is 0.597. The molecule has 1 saturated carbocycles. The van der Waals surface area contributed by atoms with E-state index in [1.165, 1.54) is 19.3 Å². The number of carbonyl (C=O) groups is 2. The average molecular weight is 331 g/mol. The van der Waals surface area contributed by atoms with Gasteiger partial charge in [-0.2, -0.15) is 0 Å². The Labute approximate surface area is 144 Å². The van der Waals surface area contributed by atoms with Gasteiger partial charge in [-0.3, -0.25) is 4.79 Å². The van der Waals surface area contributed by atoms with Gasteiger partial charge in [0.05, 0.1) is 0 Å². The first-order valence-corrected chi connectivity index (χ1v) is 9.07. The van der Waals surface area contributed by atoms with Crippen molar-refractivity contribution in [2.75, 3.05) is 5.32 Å². The Bertz CT molecular complexity index is 538. The van der Waals surface area contributed by atoms with E-state index in [-0.39, 0.29) is 18.0 Å². The van der Waals surface area contributed by atoms with Crippen molar-refractivity contribution in [3.8, 4) is 0 Å². The Morgan fingerprint density at radius 1 is 1.12 bits per heavy atom. The van der Waals surface area contributed by atoms with Crippen LogP contribution in [0, 0.1) is 0 Å².